The second kappa shape index (κ2) is 50.9. The SMILES string of the molecule is CC.CNCCCC(=O)NC(C)CCC(=O)NCCCC(=O)NCCOCCOCC(=O)NCCOCCOCC(=O)C(C)C.O=CO.O=CO.O=CO. The fourth-order valence-electron chi connectivity index (χ4n) is 3.37. The lowest BCUT2D eigenvalue weighted by molar-refractivity contribution is -0.128. The van der Waals surface area contributed by atoms with Crippen LogP contribution in [0.5, 0.6) is 0 Å². The normalized spacial score (nSPS) is 10.1. The summed E-state index contributed by atoms with van der Waals surface area (Å²) in [7, 11) is 1.84. The Labute approximate surface area is 319 Å². The molecule has 0 bridgehead atoms. The number of Topliss-reactive ketones (excluding diaryl/α,β-unsaturated/α-hetero) is 1. The van der Waals surface area contributed by atoms with Crippen LogP contribution >= 0.6 is 0 Å². The lowest BCUT2D eigenvalue weighted by atomic mass is 10.1. The van der Waals surface area contributed by atoms with Crippen LogP contribution in [0.2, 0.25) is 0 Å². The Bertz CT molecular complexity index is 914. The summed E-state index contributed by atoms with van der Waals surface area (Å²) in [6.07, 6.45) is 2.91. The minimum Gasteiger partial charge on any atom is -0.483 e. The first-order valence-electron chi connectivity index (χ1n) is 17.7. The lowest BCUT2D eigenvalue weighted by Crippen LogP contribution is -2.34. The molecule has 20 nitrogen and oxygen atoms in total. The largest absolute Gasteiger partial charge is 0.483 e. The Morgan fingerprint density at radius 2 is 0.963 bits per heavy atom. The van der Waals surface area contributed by atoms with E-state index in [0.717, 1.165) is 13.0 Å². The van der Waals surface area contributed by atoms with Crippen molar-refractivity contribution in [3.05, 3.63) is 0 Å². The van der Waals surface area contributed by atoms with Crippen molar-refractivity contribution in [2.45, 2.75) is 79.2 Å². The third-order valence-electron chi connectivity index (χ3n) is 5.95. The zero-order valence-corrected chi connectivity index (χ0v) is 32.9. The Morgan fingerprint density at radius 3 is 1.46 bits per heavy atom. The predicted octanol–water partition coefficient (Wildman–Crippen LogP) is -0.180. The number of hydrogen-bond acceptors (Lipinski definition) is 13. The summed E-state index contributed by atoms with van der Waals surface area (Å²) in [5.74, 6) is -0.501. The van der Waals surface area contributed by atoms with E-state index in [1.807, 2.05) is 41.7 Å². The Kier molecular flexibility index (Phi) is 55.6. The smallest absolute Gasteiger partial charge is 0.290 e. The highest BCUT2D eigenvalue weighted by Gasteiger charge is 2.10. The molecule has 318 valence electrons. The van der Waals surface area contributed by atoms with E-state index in [0.29, 0.717) is 71.7 Å². The zero-order valence-electron chi connectivity index (χ0n) is 32.9. The molecule has 0 aromatic carbocycles. The molecule has 0 aliphatic carbocycles. The van der Waals surface area contributed by atoms with Crippen molar-refractivity contribution >= 4 is 48.8 Å². The molecular formula is C34H67N5O15. The summed E-state index contributed by atoms with van der Waals surface area (Å²) >= 11 is 0. The Hall–Kier alpha value is -4.24. The summed E-state index contributed by atoms with van der Waals surface area (Å²) in [4.78, 5) is 83.9. The van der Waals surface area contributed by atoms with E-state index < -0.39 is 0 Å². The molecule has 0 spiro atoms. The van der Waals surface area contributed by atoms with Gasteiger partial charge in [0, 0.05) is 50.9 Å². The van der Waals surface area contributed by atoms with Gasteiger partial charge in [0.05, 0.1) is 39.6 Å². The topological polar surface area (TPSA) is 294 Å². The molecule has 0 aromatic rings. The summed E-state index contributed by atoms with van der Waals surface area (Å²) in [6, 6.07) is -0.0744. The van der Waals surface area contributed by atoms with E-state index in [1.165, 1.54) is 0 Å². The molecule has 20 heteroatoms. The van der Waals surface area contributed by atoms with Crippen molar-refractivity contribution in [1.29, 1.82) is 0 Å². The van der Waals surface area contributed by atoms with Gasteiger partial charge >= 0.3 is 0 Å². The van der Waals surface area contributed by atoms with Crippen molar-refractivity contribution < 1.29 is 72.6 Å². The van der Waals surface area contributed by atoms with Gasteiger partial charge in [-0.25, -0.2) is 0 Å². The molecule has 1 unspecified atom stereocenters. The van der Waals surface area contributed by atoms with Crippen LogP contribution in [0.4, 0.5) is 0 Å². The quantitative estimate of drug-likeness (QED) is 0.0360. The van der Waals surface area contributed by atoms with E-state index >= 15 is 0 Å². The number of nitrogens with one attached hydrogen (secondary N) is 5. The highest BCUT2D eigenvalue weighted by Crippen LogP contribution is 1.99. The standard InChI is InChI=1S/C29H55N5O9.C2H6.3CH2O2/c1-23(2)25(35)21-42-19-17-41-16-14-33-29(39)22-43-20-18-40-15-13-32-26(36)7-6-12-31-27(37)10-9-24(3)34-28(38)8-5-11-30-4;1-2;3*2-1-3/h23-24,30H,5-22H2,1-4H3,(H,31,37)(H,32,36)(H,33,39)(H,34,38);1-2H3;3*1H,(H,2,3). The second-order valence-electron chi connectivity index (χ2n) is 10.6. The van der Waals surface area contributed by atoms with E-state index in [9.17, 15) is 24.0 Å². The number of carboxylic acid groups (broad SMARTS) is 3. The molecule has 1 atom stereocenters. The third-order valence-corrected chi connectivity index (χ3v) is 5.95. The third kappa shape index (κ3) is 57.1. The minimum atomic E-state index is -0.264. The first kappa shape index (κ1) is 59.1. The molecule has 54 heavy (non-hydrogen) atoms. The summed E-state index contributed by atoms with van der Waals surface area (Å²) in [5.41, 5.74) is 0. The van der Waals surface area contributed by atoms with Gasteiger partial charge in [-0.1, -0.05) is 27.7 Å². The van der Waals surface area contributed by atoms with Crippen LogP contribution in [0.1, 0.15) is 73.1 Å². The monoisotopic (exact) mass is 785 g/mol. The maximum atomic E-state index is 12.0. The maximum absolute atomic E-state index is 12.0. The van der Waals surface area contributed by atoms with Gasteiger partial charge in [-0.2, -0.15) is 0 Å². The average Bonchev–Trinajstić information content (AvgIpc) is 3.13. The molecule has 0 saturated heterocycles. The number of ketones is 1. The number of amides is 4. The highest BCUT2D eigenvalue weighted by molar-refractivity contribution is 5.81. The van der Waals surface area contributed by atoms with Crippen molar-refractivity contribution in [3.63, 3.8) is 0 Å². The van der Waals surface area contributed by atoms with Crippen LogP contribution < -0.4 is 26.6 Å². The lowest BCUT2D eigenvalue weighted by Gasteiger charge is -2.14. The molecule has 0 radical (unpaired) electrons. The summed E-state index contributed by atoms with van der Waals surface area (Å²) in [5, 5.41) is 34.8. The second-order valence-corrected chi connectivity index (χ2v) is 10.6. The van der Waals surface area contributed by atoms with Crippen molar-refractivity contribution in [3.8, 4) is 0 Å². The molecule has 0 saturated carbocycles. The van der Waals surface area contributed by atoms with Crippen LogP contribution in [0.3, 0.4) is 0 Å². The molecule has 0 rings (SSSR count). The predicted molar refractivity (Wildman–Crippen MR) is 199 cm³/mol. The highest BCUT2D eigenvalue weighted by atomic mass is 16.5. The first-order valence-corrected chi connectivity index (χ1v) is 17.7. The molecule has 8 N–H and O–H groups in total. The van der Waals surface area contributed by atoms with Crippen molar-refractivity contribution in [2.24, 2.45) is 5.92 Å². The number of hydrogen-bond donors (Lipinski definition) is 8. The Morgan fingerprint density at radius 1 is 0.556 bits per heavy atom. The van der Waals surface area contributed by atoms with E-state index in [2.05, 4.69) is 26.6 Å². The van der Waals surface area contributed by atoms with Crippen molar-refractivity contribution in [1.82, 2.24) is 26.6 Å². The number of carbonyl (C=O) groups excluding carboxylic acids is 5. The zero-order chi connectivity index (χ0) is 42.3. The fraction of sp³-hybridized carbons (Fsp3) is 0.765. The van der Waals surface area contributed by atoms with Crippen LogP contribution in [0.15, 0.2) is 0 Å². The van der Waals surface area contributed by atoms with Crippen LogP contribution in [-0.4, -0.2) is 156 Å². The number of rotatable bonds is 29. The average molecular weight is 786 g/mol. The Balaban J connectivity index is -0.000000646. The van der Waals surface area contributed by atoms with Gasteiger partial charge in [-0.05, 0) is 39.8 Å². The molecule has 4 amide bonds. The van der Waals surface area contributed by atoms with Crippen LogP contribution in [0.25, 0.3) is 0 Å². The first-order chi connectivity index (χ1) is 25.9. The van der Waals surface area contributed by atoms with Gasteiger partial charge in [-0.15, -0.1) is 0 Å². The molecule has 0 aliphatic heterocycles. The van der Waals surface area contributed by atoms with Gasteiger partial charge in [-0.3, -0.25) is 38.4 Å². The molecular weight excluding hydrogens is 718 g/mol. The van der Waals surface area contributed by atoms with Crippen molar-refractivity contribution in [2.75, 3.05) is 86.1 Å². The fourth-order valence-corrected chi connectivity index (χ4v) is 3.37. The van der Waals surface area contributed by atoms with E-state index in [-0.39, 0.29) is 93.6 Å². The number of carbonyl (C=O) groups is 8. The van der Waals surface area contributed by atoms with Crippen LogP contribution in [-0.2, 0) is 57.3 Å². The maximum Gasteiger partial charge on any atom is 0.290 e. The molecule has 0 heterocycles. The van der Waals surface area contributed by atoms with Crippen LogP contribution in [0, 0.1) is 5.92 Å². The molecule has 0 aliphatic rings. The summed E-state index contributed by atoms with van der Waals surface area (Å²) < 4.78 is 21.2. The van der Waals surface area contributed by atoms with Gasteiger partial charge in [0.1, 0.15) is 13.2 Å². The summed E-state index contributed by atoms with van der Waals surface area (Å²) in [6.45, 7) is 12.5. The van der Waals surface area contributed by atoms with Gasteiger partial charge in [0.25, 0.3) is 19.4 Å². The van der Waals surface area contributed by atoms with Gasteiger partial charge < -0.3 is 60.9 Å². The van der Waals surface area contributed by atoms with Gasteiger partial charge in [0.2, 0.25) is 23.6 Å². The molecule has 0 fully saturated rings. The molecule has 0 aromatic heterocycles. The number of ether oxygens (including phenoxy) is 4. The van der Waals surface area contributed by atoms with E-state index in [1.54, 1.807) is 0 Å². The minimum absolute atomic E-state index is 0.0109. The van der Waals surface area contributed by atoms with Gasteiger partial charge in [0.15, 0.2) is 5.78 Å². The van der Waals surface area contributed by atoms with E-state index in [4.69, 9.17) is 48.7 Å².